The number of rotatable bonds is 3. The summed E-state index contributed by atoms with van der Waals surface area (Å²) in [5.74, 6) is -0.0957. The predicted molar refractivity (Wildman–Crippen MR) is 77.3 cm³/mol. The van der Waals surface area contributed by atoms with Crippen molar-refractivity contribution < 1.29 is 4.79 Å². The first-order chi connectivity index (χ1) is 8.72. The summed E-state index contributed by atoms with van der Waals surface area (Å²) >= 11 is 9.55. The van der Waals surface area contributed by atoms with Crippen LogP contribution in [0.2, 0.25) is 0 Å². The van der Waals surface area contributed by atoms with Crippen LogP contribution < -0.4 is 0 Å². The van der Waals surface area contributed by atoms with Gasteiger partial charge in [0.2, 0.25) is 5.24 Å². The maximum Gasteiger partial charge on any atom is 0.236 e. The summed E-state index contributed by atoms with van der Waals surface area (Å²) in [6.45, 7) is 0. The molecule has 1 nitrogen and oxygen atoms in total. The predicted octanol–water partition coefficient (Wildman–Crippen LogP) is 4.27. The SMILES string of the molecule is O=C(Cl)CCl.c1ccc(Cc2ccccc2)cc1. The van der Waals surface area contributed by atoms with Crippen LogP contribution in [0.5, 0.6) is 0 Å². The molecule has 0 radical (unpaired) electrons. The number of hydrogen-bond donors (Lipinski definition) is 0. The molecule has 0 aliphatic heterocycles. The van der Waals surface area contributed by atoms with Gasteiger partial charge in [-0.05, 0) is 29.1 Å². The van der Waals surface area contributed by atoms with Gasteiger partial charge in [-0.3, -0.25) is 4.79 Å². The molecule has 0 N–H and O–H groups in total. The highest BCUT2D eigenvalue weighted by Crippen LogP contribution is 2.07. The summed E-state index contributed by atoms with van der Waals surface area (Å²) in [4.78, 5) is 9.45. The molecule has 3 heteroatoms. The van der Waals surface area contributed by atoms with E-state index in [-0.39, 0.29) is 5.88 Å². The van der Waals surface area contributed by atoms with Crippen LogP contribution in [-0.4, -0.2) is 11.1 Å². The molecule has 0 spiro atoms. The summed E-state index contributed by atoms with van der Waals surface area (Å²) in [6, 6.07) is 21.1. The average Bonchev–Trinajstić information content (AvgIpc) is 2.42. The molecule has 0 heterocycles. The number of hydrogen-bond acceptors (Lipinski definition) is 1. The van der Waals surface area contributed by atoms with E-state index in [1.165, 1.54) is 11.1 Å². The van der Waals surface area contributed by atoms with Gasteiger partial charge in [-0.15, -0.1) is 11.6 Å². The van der Waals surface area contributed by atoms with Crippen molar-refractivity contribution in [3.8, 4) is 0 Å². The third-order valence-corrected chi connectivity index (χ3v) is 2.71. The van der Waals surface area contributed by atoms with Gasteiger partial charge in [0, 0.05) is 0 Å². The van der Waals surface area contributed by atoms with Gasteiger partial charge < -0.3 is 0 Å². The van der Waals surface area contributed by atoms with Crippen molar-refractivity contribution in [2.75, 3.05) is 5.88 Å². The summed E-state index contributed by atoms with van der Waals surface area (Å²) in [5, 5.41) is -0.508. The summed E-state index contributed by atoms with van der Waals surface area (Å²) in [5.41, 5.74) is 2.74. The van der Waals surface area contributed by atoms with E-state index in [1.54, 1.807) is 0 Å². The van der Waals surface area contributed by atoms with Crippen molar-refractivity contribution in [3.05, 3.63) is 71.8 Å². The lowest BCUT2D eigenvalue weighted by molar-refractivity contribution is -0.109. The number of carbonyl (C=O) groups is 1. The van der Waals surface area contributed by atoms with E-state index in [4.69, 9.17) is 23.2 Å². The molecule has 2 rings (SSSR count). The second-order valence-electron chi connectivity index (χ2n) is 3.64. The van der Waals surface area contributed by atoms with E-state index in [9.17, 15) is 4.79 Å². The van der Waals surface area contributed by atoms with E-state index < -0.39 is 5.24 Å². The van der Waals surface area contributed by atoms with E-state index in [0.717, 1.165) is 6.42 Å². The van der Waals surface area contributed by atoms with Crippen LogP contribution in [0.15, 0.2) is 60.7 Å². The average molecular weight is 281 g/mol. The Kier molecular flexibility index (Phi) is 7.16. The minimum Gasteiger partial charge on any atom is -0.280 e. The van der Waals surface area contributed by atoms with Crippen molar-refractivity contribution in [2.24, 2.45) is 0 Å². The molecule has 0 saturated heterocycles. The second-order valence-corrected chi connectivity index (χ2v) is 4.33. The lowest BCUT2D eigenvalue weighted by atomic mass is 10.1. The zero-order chi connectivity index (χ0) is 13.2. The van der Waals surface area contributed by atoms with Crippen molar-refractivity contribution in [1.29, 1.82) is 0 Å². The van der Waals surface area contributed by atoms with E-state index in [0.29, 0.717) is 0 Å². The third kappa shape index (κ3) is 6.43. The first kappa shape index (κ1) is 14.7. The lowest BCUT2D eigenvalue weighted by Crippen LogP contribution is -1.85. The summed E-state index contributed by atoms with van der Waals surface area (Å²) < 4.78 is 0. The van der Waals surface area contributed by atoms with Gasteiger partial charge in [0.25, 0.3) is 0 Å². The van der Waals surface area contributed by atoms with Crippen LogP contribution >= 0.6 is 23.2 Å². The van der Waals surface area contributed by atoms with Crippen molar-refractivity contribution in [3.63, 3.8) is 0 Å². The molecule has 0 saturated carbocycles. The standard InChI is InChI=1S/C13H12.C2H2Cl2O/c1-3-7-12(8-4-1)11-13-9-5-2-6-10-13;3-1-2(4)5/h1-10H,11H2;1H2. The Morgan fingerprint density at radius 2 is 1.17 bits per heavy atom. The molecule has 2 aromatic rings. The van der Waals surface area contributed by atoms with E-state index >= 15 is 0 Å². The second kappa shape index (κ2) is 8.73. The molecular weight excluding hydrogens is 267 g/mol. The number of benzene rings is 2. The van der Waals surface area contributed by atoms with Gasteiger partial charge >= 0.3 is 0 Å². The molecule has 0 aromatic heterocycles. The third-order valence-electron chi connectivity index (χ3n) is 2.20. The largest absolute Gasteiger partial charge is 0.280 e. The molecule has 94 valence electrons. The van der Waals surface area contributed by atoms with Crippen LogP contribution in [0.4, 0.5) is 0 Å². The Hall–Kier alpha value is -1.31. The summed E-state index contributed by atoms with van der Waals surface area (Å²) in [6.07, 6.45) is 1.03. The van der Waals surface area contributed by atoms with Gasteiger partial charge in [-0.25, -0.2) is 0 Å². The van der Waals surface area contributed by atoms with Gasteiger partial charge in [-0.2, -0.15) is 0 Å². The zero-order valence-corrected chi connectivity index (χ0v) is 11.4. The lowest BCUT2D eigenvalue weighted by Gasteiger charge is -2.00. The molecule has 18 heavy (non-hydrogen) atoms. The van der Waals surface area contributed by atoms with Crippen molar-refractivity contribution in [1.82, 2.24) is 0 Å². The normalized spacial score (nSPS) is 9.22. The highest BCUT2D eigenvalue weighted by atomic mass is 35.5. The maximum absolute atomic E-state index is 9.45. The van der Waals surface area contributed by atoms with Gasteiger partial charge in [-0.1, -0.05) is 60.7 Å². The molecule has 0 atom stereocenters. The Balaban J connectivity index is 0.000000280. The smallest absolute Gasteiger partial charge is 0.236 e. The highest BCUT2D eigenvalue weighted by molar-refractivity contribution is 6.67. The Morgan fingerprint density at radius 3 is 1.44 bits per heavy atom. The highest BCUT2D eigenvalue weighted by Gasteiger charge is 1.92. The summed E-state index contributed by atoms with van der Waals surface area (Å²) in [7, 11) is 0. The Bertz CT molecular complexity index is 417. The monoisotopic (exact) mass is 280 g/mol. The van der Waals surface area contributed by atoms with Crippen LogP contribution in [-0.2, 0) is 11.2 Å². The molecule has 0 bridgehead atoms. The van der Waals surface area contributed by atoms with E-state index in [1.807, 2.05) is 0 Å². The first-order valence-electron chi connectivity index (χ1n) is 5.54. The van der Waals surface area contributed by atoms with Gasteiger partial charge in [0.05, 0.1) is 5.88 Å². The Morgan fingerprint density at radius 1 is 0.833 bits per heavy atom. The van der Waals surface area contributed by atoms with Crippen LogP contribution in [0.1, 0.15) is 11.1 Å². The molecular formula is C15H14Cl2O. The van der Waals surface area contributed by atoms with Crippen LogP contribution in [0.25, 0.3) is 0 Å². The van der Waals surface area contributed by atoms with Crippen LogP contribution in [0.3, 0.4) is 0 Å². The number of alkyl halides is 1. The van der Waals surface area contributed by atoms with Gasteiger partial charge in [0.15, 0.2) is 0 Å². The van der Waals surface area contributed by atoms with Crippen LogP contribution in [0, 0.1) is 0 Å². The molecule has 0 fully saturated rings. The Labute approximate surface area is 117 Å². The van der Waals surface area contributed by atoms with Gasteiger partial charge in [0.1, 0.15) is 0 Å². The molecule has 0 aliphatic carbocycles. The molecule has 0 unspecified atom stereocenters. The minimum atomic E-state index is -0.508. The fraction of sp³-hybridized carbons (Fsp3) is 0.133. The molecule has 0 amide bonds. The molecule has 0 aliphatic rings. The quantitative estimate of drug-likeness (QED) is 0.606. The van der Waals surface area contributed by atoms with E-state index in [2.05, 4.69) is 60.7 Å². The number of halogens is 2. The van der Waals surface area contributed by atoms with Crippen molar-refractivity contribution in [2.45, 2.75) is 6.42 Å². The number of carbonyl (C=O) groups excluding carboxylic acids is 1. The fourth-order valence-electron chi connectivity index (χ4n) is 1.43. The fourth-order valence-corrected chi connectivity index (χ4v) is 1.43. The maximum atomic E-state index is 9.45. The zero-order valence-electron chi connectivity index (χ0n) is 9.85. The van der Waals surface area contributed by atoms with Crippen molar-refractivity contribution >= 4 is 28.4 Å². The molecule has 2 aromatic carbocycles. The first-order valence-corrected chi connectivity index (χ1v) is 6.45. The minimum absolute atomic E-state index is 0.0957. The topological polar surface area (TPSA) is 17.1 Å².